The van der Waals surface area contributed by atoms with E-state index in [1.807, 2.05) is 36.4 Å². The number of hydrogen-bond acceptors (Lipinski definition) is 4. The summed E-state index contributed by atoms with van der Waals surface area (Å²) in [5.74, 6) is -0.271. The fourth-order valence-corrected chi connectivity index (χ4v) is 2.13. The average molecular weight is 358 g/mol. The van der Waals surface area contributed by atoms with Crippen LogP contribution in [0.25, 0.3) is 5.69 Å². The minimum Gasteiger partial charge on any atom is -0.346 e. The highest BCUT2D eigenvalue weighted by Crippen LogP contribution is 2.13. The summed E-state index contributed by atoms with van der Waals surface area (Å²) in [4.78, 5) is 16.1. The second-order valence-corrected chi connectivity index (χ2v) is 5.48. The van der Waals surface area contributed by atoms with Crippen molar-refractivity contribution >= 4 is 21.8 Å². The van der Waals surface area contributed by atoms with Crippen molar-refractivity contribution < 1.29 is 4.79 Å². The minimum absolute atomic E-state index is 0.270. The number of nitrogens with one attached hydrogen (secondary N) is 1. The standard InChI is InChI=1S/C15H12BrN5O/c16-12-3-5-13(6-4-12)21-10-14(19-20-21)15(22)18-9-11-2-1-7-17-8-11/h1-8,10H,9H2,(H,18,22). The first kappa shape index (κ1) is 14.4. The summed E-state index contributed by atoms with van der Waals surface area (Å²) in [6.45, 7) is 0.401. The first-order valence-corrected chi connectivity index (χ1v) is 7.37. The maximum Gasteiger partial charge on any atom is 0.273 e. The van der Waals surface area contributed by atoms with Crippen LogP contribution in [0.4, 0.5) is 0 Å². The highest BCUT2D eigenvalue weighted by molar-refractivity contribution is 9.10. The zero-order valence-corrected chi connectivity index (χ0v) is 13.1. The van der Waals surface area contributed by atoms with Gasteiger partial charge in [-0.05, 0) is 35.9 Å². The quantitative estimate of drug-likeness (QED) is 0.777. The Bertz CT molecular complexity index is 770. The second-order valence-electron chi connectivity index (χ2n) is 4.57. The number of pyridine rings is 1. The lowest BCUT2D eigenvalue weighted by molar-refractivity contribution is 0.0946. The van der Waals surface area contributed by atoms with E-state index in [0.717, 1.165) is 15.7 Å². The summed E-state index contributed by atoms with van der Waals surface area (Å²) in [6.07, 6.45) is 5.00. The van der Waals surface area contributed by atoms with Gasteiger partial charge < -0.3 is 5.32 Å². The summed E-state index contributed by atoms with van der Waals surface area (Å²) in [5.41, 5.74) is 2.03. The predicted octanol–water partition coefficient (Wildman–Crippen LogP) is 2.35. The van der Waals surface area contributed by atoms with Gasteiger partial charge >= 0.3 is 0 Å². The van der Waals surface area contributed by atoms with Crippen molar-refractivity contribution in [1.29, 1.82) is 0 Å². The maximum atomic E-state index is 12.1. The van der Waals surface area contributed by atoms with Crippen LogP contribution in [0, 0.1) is 0 Å². The zero-order valence-electron chi connectivity index (χ0n) is 11.5. The van der Waals surface area contributed by atoms with Gasteiger partial charge in [0.25, 0.3) is 5.91 Å². The molecule has 1 aromatic carbocycles. The lowest BCUT2D eigenvalue weighted by Gasteiger charge is -2.02. The van der Waals surface area contributed by atoms with E-state index in [2.05, 4.69) is 36.5 Å². The largest absolute Gasteiger partial charge is 0.346 e. The van der Waals surface area contributed by atoms with Crippen LogP contribution in [0.5, 0.6) is 0 Å². The summed E-state index contributed by atoms with van der Waals surface area (Å²) < 4.78 is 2.54. The molecule has 7 heteroatoms. The zero-order chi connectivity index (χ0) is 15.4. The molecule has 22 heavy (non-hydrogen) atoms. The summed E-state index contributed by atoms with van der Waals surface area (Å²) in [7, 11) is 0. The van der Waals surface area contributed by atoms with Crippen LogP contribution < -0.4 is 5.32 Å². The van der Waals surface area contributed by atoms with E-state index >= 15 is 0 Å². The molecule has 0 spiro atoms. The number of carbonyl (C=O) groups is 1. The molecule has 3 aromatic rings. The van der Waals surface area contributed by atoms with Gasteiger partial charge in [0.1, 0.15) is 0 Å². The van der Waals surface area contributed by atoms with Crippen molar-refractivity contribution in [2.75, 3.05) is 0 Å². The molecule has 0 bridgehead atoms. The topological polar surface area (TPSA) is 72.7 Å². The van der Waals surface area contributed by atoms with E-state index in [9.17, 15) is 4.79 Å². The van der Waals surface area contributed by atoms with Gasteiger partial charge in [-0.1, -0.05) is 27.2 Å². The third-order valence-corrected chi connectivity index (χ3v) is 3.52. The summed E-state index contributed by atoms with van der Waals surface area (Å²) in [5, 5.41) is 10.7. The van der Waals surface area contributed by atoms with Gasteiger partial charge in [-0.25, -0.2) is 4.68 Å². The Kier molecular flexibility index (Phi) is 4.24. The monoisotopic (exact) mass is 357 g/mol. The lowest BCUT2D eigenvalue weighted by Crippen LogP contribution is -2.23. The van der Waals surface area contributed by atoms with E-state index in [1.165, 1.54) is 0 Å². The Morgan fingerprint density at radius 2 is 2.05 bits per heavy atom. The molecular weight excluding hydrogens is 346 g/mol. The first-order chi connectivity index (χ1) is 10.7. The molecule has 6 nitrogen and oxygen atoms in total. The average Bonchev–Trinajstić information content (AvgIpc) is 3.04. The summed E-state index contributed by atoms with van der Waals surface area (Å²) >= 11 is 3.37. The molecule has 3 rings (SSSR count). The van der Waals surface area contributed by atoms with Gasteiger partial charge in [0.05, 0.1) is 11.9 Å². The number of rotatable bonds is 4. The molecule has 2 aromatic heterocycles. The van der Waals surface area contributed by atoms with Crippen LogP contribution in [0.15, 0.2) is 59.5 Å². The molecule has 0 saturated heterocycles. The number of nitrogens with zero attached hydrogens (tertiary/aromatic N) is 4. The first-order valence-electron chi connectivity index (χ1n) is 6.58. The van der Waals surface area contributed by atoms with Crippen LogP contribution in [-0.2, 0) is 6.54 Å². The van der Waals surface area contributed by atoms with Crippen molar-refractivity contribution in [2.24, 2.45) is 0 Å². The molecular formula is C15H12BrN5O. The fraction of sp³-hybridized carbons (Fsp3) is 0.0667. The van der Waals surface area contributed by atoms with E-state index < -0.39 is 0 Å². The predicted molar refractivity (Wildman–Crippen MR) is 84.5 cm³/mol. The van der Waals surface area contributed by atoms with Gasteiger partial charge in [-0.15, -0.1) is 5.10 Å². The molecule has 0 aliphatic rings. The van der Waals surface area contributed by atoms with E-state index in [1.54, 1.807) is 23.3 Å². The fourth-order valence-electron chi connectivity index (χ4n) is 1.86. The van der Waals surface area contributed by atoms with Crippen LogP contribution in [0.3, 0.4) is 0 Å². The Morgan fingerprint density at radius 3 is 2.77 bits per heavy atom. The van der Waals surface area contributed by atoms with Gasteiger partial charge in [0, 0.05) is 23.4 Å². The van der Waals surface area contributed by atoms with Gasteiger partial charge in [-0.2, -0.15) is 0 Å². The Morgan fingerprint density at radius 1 is 1.23 bits per heavy atom. The molecule has 0 fully saturated rings. The molecule has 0 saturated carbocycles. The smallest absolute Gasteiger partial charge is 0.273 e. The molecule has 0 atom stereocenters. The van der Waals surface area contributed by atoms with E-state index in [-0.39, 0.29) is 11.6 Å². The van der Waals surface area contributed by atoms with Gasteiger partial charge in [-0.3, -0.25) is 9.78 Å². The van der Waals surface area contributed by atoms with Gasteiger partial charge in [0.2, 0.25) is 0 Å². The SMILES string of the molecule is O=C(NCc1cccnc1)c1cn(-c2ccc(Br)cc2)nn1. The number of aromatic nitrogens is 4. The number of benzene rings is 1. The molecule has 1 amide bonds. The molecule has 110 valence electrons. The van der Waals surface area contributed by atoms with E-state index in [0.29, 0.717) is 6.54 Å². The molecule has 0 radical (unpaired) electrons. The van der Waals surface area contributed by atoms with Crippen LogP contribution in [0.1, 0.15) is 16.1 Å². The minimum atomic E-state index is -0.271. The van der Waals surface area contributed by atoms with Crippen LogP contribution in [-0.4, -0.2) is 25.9 Å². The van der Waals surface area contributed by atoms with Crippen molar-refractivity contribution in [3.05, 3.63) is 70.7 Å². The van der Waals surface area contributed by atoms with Gasteiger partial charge in [0.15, 0.2) is 5.69 Å². The highest BCUT2D eigenvalue weighted by Gasteiger charge is 2.11. The highest BCUT2D eigenvalue weighted by atomic mass is 79.9. The molecule has 1 N–H and O–H groups in total. The number of halogens is 1. The third kappa shape index (κ3) is 3.37. The van der Waals surface area contributed by atoms with Crippen LogP contribution in [0.2, 0.25) is 0 Å². The Labute approximate surface area is 135 Å². The molecule has 2 heterocycles. The Hall–Kier alpha value is -2.54. The molecule has 0 aliphatic heterocycles. The molecule has 0 aliphatic carbocycles. The number of hydrogen-bond donors (Lipinski definition) is 1. The van der Waals surface area contributed by atoms with Crippen molar-refractivity contribution in [2.45, 2.75) is 6.54 Å². The van der Waals surface area contributed by atoms with E-state index in [4.69, 9.17) is 0 Å². The van der Waals surface area contributed by atoms with Crippen molar-refractivity contribution in [1.82, 2.24) is 25.3 Å². The van der Waals surface area contributed by atoms with Crippen molar-refractivity contribution in [3.8, 4) is 5.69 Å². The van der Waals surface area contributed by atoms with Crippen LogP contribution >= 0.6 is 15.9 Å². The molecule has 0 unspecified atom stereocenters. The maximum absolute atomic E-state index is 12.1. The number of carbonyl (C=O) groups excluding carboxylic acids is 1. The lowest BCUT2D eigenvalue weighted by atomic mass is 10.3. The number of amides is 1. The second kappa shape index (κ2) is 6.48. The van der Waals surface area contributed by atoms with Crippen molar-refractivity contribution in [3.63, 3.8) is 0 Å². The summed E-state index contributed by atoms with van der Waals surface area (Å²) in [6, 6.07) is 11.3. The Balaban J connectivity index is 1.68. The third-order valence-electron chi connectivity index (χ3n) is 2.99. The normalized spacial score (nSPS) is 10.4.